The molecule has 0 radical (unpaired) electrons. The lowest BCUT2D eigenvalue weighted by atomic mass is 10.0. The minimum absolute atomic E-state index is 0.0542. The minimum Gasteiger partial charge on any atom is -0.491 e. The van der Waals surface area contributed by atoms with Gasteiger partial charge in [-0.25, -0.2) is 5.48 Å². The standard InChI is InChI=1S/C14H19NO5/c1-10(14(18)15-19)2-7-13(17)11-3-5-12(6-4-11)20-9-8-16/h2-6,13,16-17,19H,7-9H2,1H3,(H,15,18)/b10-2+/t13-/m1/s1. The highest BCUT2D eigenvalue weighted by Gasteiger charge is 2.08. The molecule has 1 atom stereocenters. The zero-order valence-electron chi connectivity index (χ0n) is 11.2. The fourth-order valence-electron chi connectivity index (χ4n) is 1.56. The lowest BCUT2D eigenvalue weighted by molar-refractivity contribution is -0.125. The minimum atomic E-state index is -0.747. The van der Waals surface area contributed by atoms with Crippen LogP contribution in [0.5, 0.6) is 5.75 Å². The summed E-state index contributed by atoms with van der Waals surface area (Å²) in [7, 11) is 0. The largest absolute Gasteiger partial charge is 0.491 e. The molecular weight excluding hydrogens is 262 g/mol. The van der Waals surface area contributed by atoms with E-state index in [1.165, 1.54) is 5.48 Å². The Bertz CT molecular complexity index is 455. The van der Waals surface area contributed by atoms with Gasteiger partial charge >= 0.3 is 0 Å². The second-order valence-electron chi connectivity index (χ2n) is 4.22. The lowest BCUT2D eigenvalue weighted by Gasteiger charge is -2.10. The first kappa shape index (κ1) is 16.2. The van der Waals surface area contributed by atoms with E-state index >= 15 is 0 Å². The van der Waals surface area contributed by atoms with Gasteiger partial charge in [-0.05, 0) is 31.0 Å². The lowest BCUT2D eigenvalue weighted by Crippen LogP contribution is -2.19. The number of nitrogens with one attached hydrogen (secondary N) is 1. The molecule has 0 saturated carbocycles. The molecule has 20 heavy (non-hydrogen) atoms. The van der Waals surface area contributed by atoms with Crippen LogP contribution in [0.3, 0.4) is 0 Å². The summed E-state index contributed by atoms with van der Waals surface area (Å²) in [6.07, 6.45) is 1.06. The highest BCUT2D eigenvalue weighted by molar-refractivity contribution is 5.91. The van der Waals surface area contributed by atoms with Gasteiger partial charge in [-0.3, -0.25) is 10.0 Å². The smallest absolute Gasteiger partial charge is 0.269 e. The van der Waals surface area contributed by atoms with E-state index in [9.17, 15) is 9.90 Å². The molecule has 0 saturated heterocycles. The topological polar surface area (TPSA) is 99.0 Å². The molecule has 1 amide bonds. The molecule has 1 rings (SSSR count). The van der Waals surface area contributed by atoms with Crippen LogP contribution in [0.25, 0.3) is 0 Å². The number of aliphatic hydroxyl groups excluding tert-OH is 2. The van der Waals surface area contributed by atoms with Crippen molar-refractivity contribution in [3.05, 3.63) is 41.5 Å². The molecule has 0 heterocycles. The number of hydroxylamine groups is 1. The third-order valence-electron chi connectivity index (χ3n) is 2.73. The number of amides is 1. The van der Waals surface area contributed by atoms with Gasteiger partial charge in [0.05, 0.1) is 12.7 Å². The molecule has 110 valence electrons. The quantitative estimate of drug-likeness (QED) is 0.338. The van der Waals surface area contributed by atoms with E-state index in [1.54, 1.807) is 37.3 Å². The van der Waals surface area contributed by atoms with Gasteiger partial charge in [0.2, 0.25) is 0 Å². The Kier molecular flexibility index (Phi) is 6.72. The first-order valence-corrected chi connectivity index (χ1v) is 6.21. The van der Waals surface area contributed by atoms with Crippen molar-refractivity contribution in [2.24, 2.45) is 0 Å². The number of hydrogen-bond donors (Lipinski definition) is 4. The normalized spacial score (nSPS) is 12.9. The highest BCUT2D eigenvalue weighted by Crippen LogP contribution is 2.21. The fourth-order valence-corrected chi connectivity index (χ4v) is 1.56. The van der Waals surface area contributed by atoms with Crippen molar-refractivity contribution in [2.45, 2.75) is 19.4 Å². The second-order valence-corrected chi connectivity index (χ2v) is 4.22. The summed E-state index contributed by atoms with van der Waals surface area (Å²) in [5, 5.41) is 27.1. The van der Waals surface area contributed by atoms with E-state index in [0.29, 0.717) is 16.9 Å². The first-order chi connectivity index (χ1) is 9.58. The molecule has 6 heteroatoms. The van der Waals surface area contributed by atoms with Gasteiger partial charge in [-0.15, -0.1) is 0 Å². The zero-order valence-corrected chi connectivity index (χ0v) is 11.2. The van der Waals surface area contributed by atoms with Crippen LogP contribution < -0.4 is 10.2 Å². The molecule has 0 aliphatic heterocycles. The predicted molar refractivity (Wildman–Crippen MR) is 72.3 cm³/mol. The molecular formula is C14H19NO5. The van der Waals surface area contributed by atoms with Gasteiger partial charge in [0.15, 0.2) is 0 Å². The van der Waals surface area contributed by atoms with E-state index in [-0.39, 0.29) is 19.6 Å². The summed E-state index contributed by atoms with van der Waals surface area (Å²) < 4.78 is 5.21. The average molecular weight is 281 g/mol. The number of aliphatic hydroxyl groups is 2. The van der Waals surface area contributed by atoms with Gasteiger partial charge in [-0.1, -0.05) is 18.2 Å². The summed E-state index contributed by atoms with van der Waals surface area (Å²) >= 11 is 0. The molecule has 0 aliphatic carbocycles. The van der Waals surface area contributed by atoms with Crippen molar-refractivity contribution in [1.29, 1.82) is 0 Å². The van der Waals surface area contributed by atoms with E-state index in [0.717, 1.165) is 0 Å². The zero-order chi connectivity index (χ0) is 15.0. The number of carbonyl (C=O) groups is 1. The summed E-state index contributed by atoms with van der Waals surface area (Å²) in [5.41, 5.74) is 2.55. The molecule has 1 aromatic carbocycles. The first-order valence-electron chi connectivity index (χ1n) is 6.21. The fraction of sp³-hybridized carbons (Fsp3) is 0.357. The summed E-state index contributed by atoms with van der Waals surface area (Å²) in [6, 6.07) is 6.83. The predicted octanol–water partition coefficient (Wildman–Crippen LogP) is 0.933. The average Bonchev–Trinajstić information content (AvgIpc) is 2.49. The van der Waals surface area contributed by atoms with Crippen molar-refractivity contribution in [1.82, 2.24) is 5.48 Å². The molecule has 4 N–H and O–H groups in total. The number of carbonyl (C=O) groups excluding carboxylic acids is 1. The van der Waals surface area contributed by atoms with Crippen LogP contribution in [0.1, 0.15) is 25.0 Å². The van der Waals surface area contributed by atoms with Gasteiger partial charge in [0.25, 0.3) is 5.91 Å². The molecule has 6 nitrogen and oxygen atoms in total. The Morgan fingerprint density at radius 1 is 1.40 bits per heavy atom. The van der Waals surface area contributed by atoms with Crippen molar-refractivity contribution < 1.29 is 25.0 Å². The number of hydrogen-bond acceptors (Lipinski definition) is 5. The van der Waals surface area contributed by atoms with Crippen LogP contribution in [0.4, 0.5) is 0 Å². The number of ether oxygens (including phenoxy) is 1. The van der Waals surface area contributed by atoms with Crippen LogP contribution in [0.2, 0.25) is 0 Å². The third-order valence-corrected chi connectivity index (χ3v) is 2.73. The maximum atomic E-state index is 11.1. The Morgan fingerprint density at radius 3 is 2.60 bits per heavy atom. The van der Waals surface area contributed by atoms with E-state index in [2.05, 4.69) is 0 Å². The van der Waals surface area contributed by atoms with Gasteiger partial charge in [-0.2, -0.15) is 0 Å². The van der Waals surface area contributed by atoms with Gasteiger partial charge < -0.3 is 14.9 Å². The Balaban J connectivity index is 2.59. The van der Waals surface area contributed by atoms with E-state index in [1.807, 2.05) is 0 Å². The maximum Gasteiger partial charge on any atom is 0.269 e. The maximum absolute atomic E-state index is 11.1. The molecule has 0 bridgehead atoms. The molecule has 1 aromatic rings. The van der Waals surface area contributed by atoms with Crippen LogP contribution in [0.15, 0.2) is 35.9 Å². The molecule has 0 aromatic heterocycles. The van der Waals surface area contributed by atoms with Crippen molar-refractivity contribution in [3.8, 4) is 5.75 Å². The van der Waals surface area contributed by atoms with E-state index < -0.39 is 12.0 Å². The Hall–Kier alpha value is -1.89. The van der Waals surface area contributed by atoms with Crippen LogP contribution >= 0.6 is 0 Å². The summed E-state index contributed by atoms with van der Waals surface area (Å²) in [6.45, 7) is 1.71. The third kappa shape index (κ3) is 5.00. The van der Waals surface area contributed by atoms with Gasteiger partial charge in [0, 0.05) is 5.57 Å². The Morgan fingerprint density at radius 2 is 2.05 bits per heavy atom. The Labute approximate surface area is 117 Å². The van der Waals surface area contributed by atoms with Gasteiger partial charge in [0.1, 0.15) is 12.4 Å². The van der Waals surface area contributed by atoms with Crippen molar-refractivity contribution >= 4 is 5.91 Å². The molecule has 0 unspecified atom stereocenters. The summed E-state index contributed by atoms with van der Waals surface area (Å²) in [4.78, 5) is 11.1. The molecule has 0 fully saturated rings. The number of benzene rings is 1. The van der Waals surface area contributed by atoms with E-state index in [4.69, 9.17) is 15.1 Å². The van der Waals surface area contributed by atoms with Crippen LogP contribution in [-0.4, -0.2) is 34.5 Å². The van der Waals surface area contributed by atoms with Crippen molar-refractivity contribution in [2.75, 3.05) is 13.2 Å². The number of rotatable bonds is 7. The monoisotopic (exact) mass is 281 g/mol. The second kappa shape index (κ2) is 8.31. The molecule has 0 spiro atoms. The summed E-state index contributed by atoms with van der Waals surface area (Å²) in [5.74, 6) is 0.0198. The van der Waals surface area contributed by atoms with Crippen LogP contribution in [0, 0.1) is 0 Å². The molecule has 0 aliphatic rings. The van der Waals surface area contributed by atoms with Crippen molar-refractivity contribution in [3.63, 3.8) is 0 Å². The SMILES string of the molecule is C/C(=C\C[C@@H](O)c1ccc(OCCO)cc1)C(=O)NO. The highest BCUT2D eigenvalue weighted by atomic mass is 16.5. The van der Waals surface area contributed by atoms with Crippen LogP contribution in [-0.2, 0) is 4.79 Å².